The summed E-state index contributed by atoms with van der Waals surface area (Å²) in [6, 6.07) is 39.1. The summed E-state index contributed by atoms with van der Waals surface area (Å²) in [5.41, 5.74) is 3.87. The fourth-order valence-electron chi connectivity index (χ4n) is 5.22. The van der Waals surface area contributed by atoms with Crippen molar-refractivity contribution in [1.29, 1.82) is 0 Å². The number of hydrogen-bond donors (Lipinski definition) is 0. The summed E-state index contributed by atoms with van der Waals surface area (Å²) < 4.78 is 57.0. The van der Waals surface area contributed by atoms with Crippen LogP contribution in [-0.4, -0.2) is 51.3 Å². The Morgan fingerprint density at radius 1 is 0.523 bits per heavy atom. The summed E-state index contributed by atoms with van der Waals surface area (Å²) in [5.74, 6) is -0.459. The first kappa shape index (κ1) is 32.3. The first-order valence-corrected chi connectivity index (χ1v) is 17.1. The highest BCUT2D eigenvalue weighted by Crippen LogP contribution is 2.32. The van der Waals surface area contributed by atoms with Crippen LogP contribution >= 0.6 is 10.7 Å². The van der Waals surface area contributed by atoms with Crippen LogP contribution in [0, 0.1) is 0 Å². The molecule has 0 bridgehead atoms. The summed E-state index contributed by atoms with van der Waals surface area (Å²) in [5, 5.41) is 0. The van der Waals surface area contributed by atoms with Crippen LogP contribution < -0.4 is 0 Å². The van der Waals surface area contributed by atoms with Gasteiger partial charge in [0.2, 0.25) is 9.05 Å². The van der Waals surface area contributed by atoms with E-state index in [0.717, 1.165) is 22.3 Å². The van der Waals surface area contributed by atoms with E-state index in [0.29, 0.717) is 13.2 Å². The van der Waals surface area contributed by atoms with Crippen LogP contribution in [0.3, 0.4) is 0 Å². The quantitative estimate of drug-likeness (QED) is 0.142. The number of ether oxygens (including phenoxy) is 5. The molecule has 232 valence electrons. The Kier molecular flexibility index (Phi) is 12.0. The molecule has 0 spiro atoms. The van der Waals surface area contributed by atoms with E-state index in [1.807, 2.05) is 121 Å². The van der Waals surface area contributed by atoms with Gasteiger partial charge in [0.15, 0.2) is 0 Å². The molecule has 4 aromatic carbocycles. The van der Waals surface area contributed by atoms with Crippen molar-refractivity contribution in [3.8, 4) is 0 Å². The van der Waals surface area contributed by atoms with Crippen molar-refractivity contribution < 1.29 is 32.1 Å². The highest BCUT2D eigenvalue weighted by molar-refractivity contribution is 8.13. The summed E-state index contributed by atoms with van der Waals surface area (Å²) in [6.45, 7) is 1.27. The molecule has 1 aliphatic heterocycles. The normalized spacial score (nSPS) is 22.1. The molecular formula is C35H37ClO7S. The van der Waals surface area contributed by atoms with Crippen molar-refractivity contribution in [2.24, 2.45) is 0 Å². The van der Waals surface area contributed by atoms with Crippen LogP contribution in [0.2, 0.25) is 0 Å². The van der Waals surface area contributed by atoms with Gasteiger partial charge in [0.25, 0.3) is 0 Å². The minimum atomic E-state index is -3.96. The third-order valence-electron chi connectivity index (χ3n) is 7.34. The lowest BCUT2D eigenvalue weighted by Gasteiger charge is -2.46. The smallest absolute Gasteiger partial charge is 0.235 e. The van der Waals surface area contributed by atoms with Crippen molar-refractivity contribution in [1.82, 2.24) is 0 Å². The van der Waals surface area contributed by atoms with Crippen LogP contribution in [-0.2, 0) is 59.2 Å². The van der Waals surface area contributed by atoms with Gasteiger partial charge in [0, 0.05) is 10.7 Å². The van der Waals surface area contributed by atoms with E-state index in [4.69, 9.17) is 34.4 Å². The van der Waals surface area contributed by atoms with Gasteiger partial charge in [-0.1, -0.05) is 121 Å². The molecule has 0 unspecified atom stereocenters. The molecular weight excluding hydrogens is 600 g/mol. The zero-order valence-corrected chi connectivity index (χ0v) is 25.9. The number of rotatable bonds is 15. The predicted molar refractivity (Wildman–Crippen MR) is 169 cm³/mol. The topological polar surface area (TPSA) is 80.3 Å². The number of benzene rings is 4. The van der Waals surface area contributed by atoms with Gasteiger partial charge in [-0.15, -0.1) is 0 Å². The second kappa shape index (κ2) is 16.3. The molecule has 1 fully saturated rings. The minimum Gasteiger partial charge on any atom is -0.374 e. The Balaban J connectivity index is 1.45. The van der Waals surface area contributed by atoms with Crippen molar-refractivity contribution in [2.45, 2.75) is 56.9 Å². The van der Waals surface area contributed by atoms with Crippen molar-refractivity contribution >= 4 is 19.7 Å². The second-order valence-corrected chi connectivity index (χ2v) is 13.5. The molecule has 0 amide bonds. The highest BCUT2D eigenvalue weighted by Gasteiger charge is 2.49. The average Bonchev–Trinajstić information content (AvgIpc) is 3.04. The molecule has 1 aliphatic rings. The lowest BCUT2D eigenvalue weighted by atomic mass is 9.94. The molecule has 4 aromatic rings. The van der Waals surface area contributed by atoms with Gasteiger partial charge in [-0.25, -0.2) is 8.42 Å². The van der Waals surface area contributed by atoms with Crippen LogP contribution in [0.15, 0.2) is 121 Å². The van der Waals surface area contributed by atoms with Crippen molar-refractivity contribution in [3.05, 3.63) is 144 Å². The number of hydrogen-bond acceptors (Lipinski definition) is 7. The minimum absolute atomic E-state index is 0.143. The van der Waals surface area contributed by atoms with Gasteiger partial charge < -0.3 is 23.7 Å². The van der Waals surface area contributed by atoms with Crippen LogP contribution in [0.4, 0.5) is 0 Å². The molecule has 0 N–H and O–H groups in total. The summed E-state index contributed by atoms with van der Waals surface area (Å²) in [4.78, 5) is 0. The Morgan fingerprint density at radius 3 is 1.30 bits per heavy atom. The molecule has 0 aliphatic carbocycles. The predicted octanol–water partition coefficient (Wildman–Crippen LogP) is 6.30. The van der Waals surface area contributed by atoms with E-state index in [1.54, 1.807) is 0 Å². The SMILES string of the molecule is O=S(=O)(Cl)C[C@@H]1O[C@H](COCc2ccccc2)[C@@H](OCc2ccccc2)[C@H](OCc2ccccc2)[C@H]1OCc1ccccc1. The van der Waals surface area contributed by atoms with E-state index in [2.05, 4.69) is 0 Å². The maximum absolute atomic E-state index is 12.4. The van der Waals surface area contributed by atoms with Gasteiger partial charge in [-0.05, 0) is 22.3 Å². The van der Waals surface area contributed by atoms with E-state index >= 15 is 0 Å². The maximum atomic E-state index is 12.4. The first-order chi connectivity index (χ1) is 21.4. The Labute approximate surface area is 264 Å². The zero-order valence-electron chi connectivity index (χ0n) is 24.3. The van der Waals surface area contributed by atoms with Gasteiger partial charge >= 0.3 is 0 Å². The van der Waals surface area contributed by atoms with E-state index < -0.39 is 45.3 Å². The molecule has 7 nitrogen and oxygen atoms in total. The number of halogens is 1. The van der Waals surface area contributed by atoms with Gasteiger partial charge in [-0.2, -0.15) is 0 Å². The standard InChI is InChI=1S/C35H37ClO7S/c36-44(37,38)26-32-34(41-23-29-17-9-3-10-18-29)35(42-24-30-19-11-4-12-20-30)33(40-22-28-15-7-2-8-16-28)31(43-32)25-39-21-27-13-5-1-6-14-27/h1-20,31-35H,21-26H2/t31-,32+,33-,34+,35+/m1/s1. The molecule has 1 saturated heterocycles. The van der Waals surface area contributed by atoms with Gasteiger partial charge in [0.05, 0.1) is 38.8 Å². The average molecular weight is 637 g/mol. The van der Waals surface area contributed by atoms with Crippen molar-refractivity contribution in [3.63, 3.8) is 0 Å². The lowest BCUT2D eigenvalue weighted by Crippen LogP contribution is -2.62. The van der Waals surface area contributed by atoms with E-state index in [1.165, 1.54) is 0 Å². The highest BCUT2D eigenvalue weighted by atomic mass is 35.7. The molecule has 9 heteroatoms. The molecule has 5 atom stereocenters. The first-order valence-electron chi connectivity index (χ1n) is 14.6. The largest absolute Gasteiger partial charge is 0.374 e. The molecule has 0 saturated carbocycles. The maximum Gasteiger partial charge on any atom is 0.235 e. The summed E-state index contributed by atoms with van der Waals surface area (Å²) >= 11 is 0. The molecule has 5 rings (SSSR count). The third-order valence-corrected chi connectivity index (χ3v) is 8.45. The monoisotopic (exact) mass is 636 g/mol. The Morgan fingerprint density at radius 2 is 0.886 bits per heavy atom. The van der Waals surface area contributed by atoms with E-state index in [-0.39, 0.29) is 19.8 Å². The molecule has 0 radical (unpaired) electrons. The summed E-state index contributed by atoms with van der Waals surface area (Å²) in [6.07, 6.45) is -3.75. The lowest BCUT2D eigenvalue weighted by molar-refractivity contribution is -0.268. The zero-order chi connectivity index (χ0) is 30.6. The third kappa shape index (κ3) is 9.97. The van der Waals surface area contributed by atoms with Crippen molar-refractivity contribution in [2.75, 3.05) is 12.4 Å². The fourth-order valence-corrected chi connectivity index (χ4v) is 6.25. The van der Waals surface area contributed by atoms with Gasteiger partial charge in [0.1, 0.15) is 30.5 Å². The van der Waals surface area contributed by atoms with Crippen LogP contribution in [0.1, 0.15) is 22.3 Å². The second-order valence-electron chi connectivity index (χ2n) is 10.7. The van der Waals surface area contributed by atoms with E-state index in [9.17, 15) is 8.42 Å². The Bertz CT molecular complexity index is 1490. The molecule has 44 heavy (non-hydrogen) atoms. The fraction of sp³-hybridized carbons (Fsp3) is 0.314. The summed E-state index contributed by atoms with van der Waals surface area (Å²) in [7, 11) is 1.85. The van der Waals surface area contributed by atoms with Gasteiger partial charge in [-0.3, -0.25) is 0 Å². The van der Waals surface area contributed by atoms with Crippen LogP contribution in [0.5, 0.6) is 0 Å². The Hall–Kier alpha value is -3.08. The molecule has 0 aromatic heterocycles. The molecule has 1 heterocycles. The van der Waals surface area contributed by atoms with Crippen LogP contribution in [0.25, 0.3) is 0 Å².